The number of fused-ring (bicyclic) bond motifs is 1. The van der Waals surface area contributed by atoms with Crippen LogP contribution in [0.25, 0.3) is 11.1 Å². The fraction of sp³-hybridized carbons (Fsp3) is 0.0455. The summed E-state index contributed by atoms with van der Waals surface area (Å²) in [7, 11) is 0. The Labute approximate surface area is 145 Å². The normalized spacial score (nSPS) is 13.0. The zero-order valence-electron chi connectivity index (χ0n) is 13.4. The second kappa shape index (κ2) is 5.95. The molecule has 0 spiro atoms. The van der Waals surface area contributed by atoms with E-state index in [1.54, 1.807) is 18.2 Å². The number of aromatic hydroxyl groups is 2. The van der Waals surface area contributed by atoms with E-state index >= 15 is 0 Å². The lowest BCUT2D eigenvalue weighted by atomic mass is 9.94. The van der Waals surface area contributed by atoms with Gasteiger partial charge in [0.05, 0.1) is 0 Å². The lowest BCUT2D eigenvalue weighted by Crippen LogP contribution is -1.93. The van der Waals surface area contributed by atoms with Gasteiger partial charge in [-0.1, -0.05) is 42.5 Å². The number of hydrogen-bond donors (Lipinski definition) is 2. The van der Waals surface area contributed by atoms with Gasteiger partial charge in [0, 0.05) is 5.56 Å². The maximum atomic E-state index is 11.5. The van der Waals surface area contributed by atoms with Crippen molar-refractivity contribution >= 4 is 17.4 Å². The summed E-state index contributed by atoms with van der Waals surface area (Å²) in [5.41, 5.74) is 6.44. The van der Waals surface area contributed by atoms with Gasteiger partial charge in [0.15, 0.2) is 0 Å². The molecule has 0 saturated carbocycles. The summed E-state index contributed by atoms with van der Waals surface area (Å²) in [6.45, 7) is 0. The van der Waals surface area contributed by atoms with Crippen molar-refractivity contribution in [2.45, 2.75) is 6.42 Å². The molecule has 122 valence electrons. The Morgan fingerprint density at radius 3 is 2.20 bits per heavy atom. The van der Waals surface area contributed by atoms with E-state index in [0.29, 0.717) is 12.0 Å². The molecule has 0 atom stereocenters. The van der Waals surface area contributed by atoms with Crippen molar-refractivity contribution < 1.29 is 15.0 Å². The third kappa shape index (κ3) is 2.60. The summed E-state index contributed by atoms with van der Waals surface area (Å²) in [4.78, 5) is 11.5. The van der Waals surface area contributed by atoms with Gasteiger partial charge < -0.3 is 10.2 Å². The van der Waals surface area contributed by atoms with Gasteiger partial charge in [0.2, 0.25) is 0 Å². The van der Waals surface area contributed by atoms with Crippen LogP contribution in [0.15, 0.2) is 66.7 Å². The Hall–Kier alpha value is -3.33. The first-order valence-corrected chi connectivity index (χ1v) is 8.07. The molecule has 0 fully saturated rings. The largest absolute Gasteiger partial charge is 0.508 e. The molecule has 1 aliphatic rings. The van der Waals surface area contributed by atoms with Gasteiger partial charge in [-0.25, -0.2) is 0 Å². The quantitative estimate of drug-likeness (QED) is 0.700. The van der Waals surface area contributed by atoms with E-state index < -0.39 is 0 Å². The topological polar surface area (TPSA) is 57.5 Å². The summed E-state index contributed by atoms with van der Waals surface area (Å²) >= 11 is 0. The Morgan fingerprint density at radius 1 is 0.800 bits per heavy atom. The van der Waals surface area contributed by atoms with E-state index in [9.17, 15) is 15.0 Å². The Bertz CT molecular complexity index is 984. The Balaban J connectivity index is 2.00. The number of phenols is 2. The molecule has 3 nitrogen and oxygen atoms in total. The molecule has 0 bridgehead atoms. The smallest absolute Gasteiger partial charge is 0.150 e. The minimum absolute atomic E-state index is 0.0845. The van der Waals surface area contributed by atoms with Crippen LogP contribution >= 0.6 is 0 Å². The number of hydrogen-bond acceptors (Lipinski definition) is 3. The molecule has 0 aliphatic heterocycles. The number of carbonyl (C=O) groups is 1. The molecule has 3 aromatic carbocycles. The van der Waals surface area contributed by atoms with Crippen molar-refractivity contribution in [1.82, 2.24) is 0 Å². The molecular weight excluding hydrogens is 312 g/mol. The number of aldehydes is 1. The molecular formula is C22H16O3. The maximum absolute atomic E-state index is 11.5. The van der Waals surface area contributed by atoms with Crippen molar-refractivity contribution in [3.63, 3.8) is 0 Å². The summed E-state index contributed by atoms with van der Waals surface area (Å²) < 4.78 is 0. The SMILES string of the molecule is O=Cc1cc(O)cc2c1CC(c1ccc(O)cc1)=C2c1ccccc1. The average Bonchev–Trinajstić information content (AvgIpc) is 3.01. The van der Waals surface area contributed by atoms with Crippen LogP contribution in [0, 0.1) is 0 Å². The number of phenolic OH excluding ortho intramolecular Hbond substituents is 2. The summed E-state index contributed by atoms with van der Waals surface area (Å²) in [6, 6.07) is 20.2. The van der Waals surface area contributed by atoms with E-state index in [1.165, 1.54) is 6.07 Å². The van der Waals surface area contributed by atoms with Crippen LogP contribution in [-0.2, 0) is 6.42 Å². The van der Waals surface area contributed by atoms with Gasteiger partial charge in [-0.05, 0) is 64.1 Å². The summed E-state index contributed by atoms with van der Waals surface area (Å²) in [5, 5.41) is 19.6. The van der Waals surface area contributed by atoms with Gasteiger partial charge in [0.25, 0.3) is 0 Å². The monoisotopic (exact) mass is 328 g/mol. The first-order chi connectivity index (χ1) is 12.2. The van der Waals surface area contributed by atoms with Crippen LogP contribution in [0.1, 0.15) is 32.6 Å². The Kier molecular flexibility index (Phi) is 3.62. The average molecular weight is 328 g/mol. The van der Waals surface area contributed by atoms with Crippen molar-refractivity contribution in [2.75, 3.05) is 0 Å². The van der Waals surface area contributed by atoms with E-state index in [1.807, 2.05) is 42.5 Å². The van der Waals surface area contributed by atoms with Crippen molar-refractivity contribution in [2.24, 2.45) is 0 Å². The minimum Gasteiger partial charge on any atom is -0.508 e. The van der Waals surface area contributed by atoms with Crippen molar-refractivity contribution in [3.05, 3.63) is 94.5 Å². The zero-order chi connectivity index (χ0) is 17.4. The van der Waals surface area contributed by atoms with Crippen molar-refractivity contribution in [1.29, 1.82) is 0 Å². The van der Waals surface area contributed by atoms with E-state index in [-0.39, 0.29) is 11.5 Å². The maximum Gasteiger partial charge on any atom is 0.150 e. The molecule has 0 saturated heterocycles. The highest BCUT2D eigenvalue weighted by Gasteiger charge is 2.26. The first kappa shape index (κ1) is 15.2. The van der Waals surface area contributed by atoms with Crippen LogP contribution in [-0.4, -0.2) is 16.5 Å². The van der Waals surface area contributed by atoms with Crippen LogP contribution in [0.5, 0.6) is 11.5 Å². The van der Waals surface area contributed by atoms with Crippen molar-refractivity contribution in [3.8, 4) is 11.5 Å². The van der Waals surface area contributed by atoms with E-state index in [2.05, 4.69) is 0 Å². The van der Waals surface area contributed by atoms with Crippen LogP contribution in [0.2, 0.25) is 0 Å². The van der Waals surface area contributed by atoms with Gasteiger partial charge in [-0.3, -0.25) is 4.79 Å². The van der Waals surface area contributed by atoms with Gasteiger partial charge >= 0.3 is 0 Å². The lowest BCUT2D eigenvalue weighted by Gasteiger charge is -2.10. The van der Waals surface area contributed by atoms with Gasteiger partial charge in [0.1, 0.15) is 17.8 Å². The highest BCUT2D eigenvalue weighted by atomic mass is 16.3. The van der Waals surface area contributed by atoms with Gasteiger partial charge in [-0.2, -0.15) is 0 Å². The third-order valence-corrected chi connectivity index (χ3v) is 4.60. The highest BCUT2D eigenvalue weighted by Crippen LogP contribution is 2.44. The Morgan fingerprint density at radius 2 is 1.52 bits per heavy atom. The second-order valence-corrected chi connectivity index (χ2v) is 6.12. The number of benzene rings is 3. The predicted molar refractivity (Wildman–Crippen MR) is 97.7 cm³/mol. The summed E-state index contributed by atoms with van der Waals surface area (Å²) in [6.07, 6.45) is 1.40. The second-order valence-electron chi connectivity index (χ2n) is 6.12. The van der Waals surface area contributed by atoms with Crippen LogP contribution in [0.4, 0.5) is 0 Å². The standard InChI is InChI=1S/C22H16O3/c23-13-16-10-18(25)11-21-19(16)12-20(14-6-8-17(24)9-7-14)22(21)15-4-2-1-3-5-15/h1-11,13,24-25H,12H2. The molecule has 4 rings (SSSR count). The van der Waals surface area contributed by atoms with E-state index in [4.69, 9.17) is 0 Å². The predicted octanol–water partition coefficient (Wildman–Crippen LogP) is 4.43. The number of allylic oxidation sites excluding steroid dienone is 1. The van der Waals surface area contributed by atoms with Crippen LogP contribution < -0.4 is 0 Å². The highest BCUT2D eigenvalue weighted by molar-refractivity contribution is 6.05. The molecule has 0 aromatic heterocycles. The molecule has 0 heterocycles. The third-order valence-electron chi connectivity index (χ3n) is 4.60. The summed E-state index contributed by atoms with van der Waals surface area (Å²) in [5.74, 6) is 0.300. The molecule has 0 amide bonds. The molecule has 0 unspecified atom stereocenters. The molecule has 3 aromatic rings. The minimum atomic E-state index is 0.0845. The zero-order valence-corrected chi connectivity index (χ0v) is 13.4. The molecule has 3 heteroatoms. The fourth-order valence-corrected chi connectivity index (χ4v) is 3.48. The molecule has 25 heavy (non-hydrogen) atoms. The fourth-order valence-electron chi connectivity index (χ4n) is 3.48. The first-order valence-electron chi connectivity index (χ1n) is 8.07. The van der Waals surface area contributed by atoms with E-state index in [0.717, 1.165) is 39.7 Å². The molecule has 2 N–H and O–H groups in total. The van der Waals surface area contributed by atoms with Gasteiger partial charge in [-0.15, -0.1) is 0 Å². The lowest BCUT2D eigenvalue weighted by molar-refractivity contribution is 0.112. The van der Waals surface area contributed by atoms with Crippen LogP contribution in [0.3, 0.4) is 0 Å². The molecule has 0 radical (unpaired) electrons. The number of rotatable bonds is 3. The number of carbonyl (C=O) groups excluding carboxylic acids is 1. The molecule has 1 aliphatic carbocycles.